The minimum atomic E-state index is -4.11. The van der Waals surface area contributed by atoms with Crippen LogP contribution < -0.4 is 11.1 Å². The molecule has 46 heavy (non-hydrogen) atoms. The molecule has 2 saturated heterocycles. The number of aryl methyl sites for hydroxylation is 1. The first-order chi connectivity index (χ1) is 22.0. The smallest absolute Gasteiger partial charge is 0.352 e. The molecule has 6 rings (SSSR count). The van der Waals surface area contributed by atoms with Crippen molar-refractivity contribution in [2.45, 2.75) is 61.4 Å². The first-order valence-corrected chi connectivity index (χ1v) is 17.8. The van der Waals surface area contributed by atoms with Gasteiger partial charge in [-0.25, -0.2) is 22.5 Å². The lowest BCUT2D eigenvalue weighted by molar-refractivity contribution is -0.150. The third-order valence-electron chi connectivity index (χ3n) is 8.10. The summed E-state index contributed by atoms with van der Waals surface area (Å²) in [5.41, 5.74) is 6.66. The third kappa shape index (κ3) is 5.89. The molecule has 0 spiro atoms. The molecule has 4 heterocycles. The topological polar surface area (TPSA) is 202 Å². The number of allylic oxidation sites excluding steroid dienone is 1. The van der Waals surface area contributed by atoms with Gasteiger partial charge in [0.2, 0.25) is 0 Å². The lowest BCUT2D eigenvalue weighted by Crippen LogP contribution is -2.71. The molecule has 14 nitrogen and oxygen atoms in total. The fraction of sp³-hybridized carbons (Fsp3) is 0.379. The number of thiazole rings is 1. The number of nitrogen functional groups attached to an aromatic ring is 1. The Hall–Kier alpha value is -4.22. The molecule has 242 valence electrons. The van der Waals surface area contributed by atoms with E-state index < -0.39 is 45.1 Å². The van der Waals surface area contributed by atoms with Gasteiger partial charge in [0.05, 0.1) is 4.90 Å². The second-order valence-corrected chi connectivity index (χ2v) is 15.0. The van der Waals surface area contributed by atoms with Gasteiger partial charge in [-0.2, -0.15) is 0 Å². The maximum absolute atomic E-state index is 13.4. The second-order valence-electron chi connectivity index (χ2n) is 11.2. The van der Waals surface area contributed by atoms with Gasteiger partial charge in [0.25, 0.3) is 27.7 Å². The quantitative estimate of drug-likeness (QED) is 0.151. The number of benzene rings is 1. The maximum atomic E-state index is 13.4. The molecule has 1 saturated carbocycles. The number of sulfonamides is 1. The molecule has 0 bridgehead atoms. The van der Waals surface area contributed by atoms with E-state index in [4.69, 9.17) is 10.6 Å². The lowest BCUT2D eigenvalue weighted by Gasteiger charge is -2.49. The van der Waals surface area contributed by atoms with Crippen LogP contribution in [0.25, 0.3) is 0 Å². The number of rotatable bonds is 9. The van der Waals surface area contributed by atoms with Crippen molar-refractivity contribution >= 4 is 67.7 Å². The summed E-state index contributed by atoms with van der Waals surface area (Å²) in [7, 11) is -4.11. The number of anilines is 1. The number of aliphatic carboxylic acids is 1. The largest absolute Gasteiger partial charge is 0.477 e. The number of amides is 3. The molecule has 1 aliphatic carbocycles. The summed E-state index contributed by atoms with van der Waals surface area (Å²) in [4.78, 5) is 63.0. The van der Waals surface area contributed by atoms with Crippen LogP contribution in [0.5, 0.6) is 0 Å². The SMILES string of the molecule is Cc1ccc(S(=O)(=O)N2CCC(=CC3=C(C(=O)O)N4C(=O)[C@@H](NC(=O)C(=NOC5CCCC5)c5csc(N)n5)[C@H]4SC3)C2=O)cc1. The van der Waals surface area contributed by atoms with E-state index in [0.29, 0.717) is 0 Å². The molecule has 2 aromatic rings. The highest BCUT2D eigenvalue weighted by molar-refractivity contribution is 8.00. The molecule has 2 atom stereocenters. The highest BCUT2D eigenvalue weighted by Gasteiger charge is 2.54. The van der Waals surface area contributed by atoms with Gasteiger partial charge in [-0.15, -0.1) is 23.1 Å². The van der Waals surface area contributed by atoms with Gasteiger partial charge in [0.1, 0.15) is 28.9 Å². The number of β-lactam (4-membered cyclic amide) rings is 1. The fourth-order valence-electron chi connectivity index (χ4n) is 5.69. The van der Waals surface area contributed by atoms with Crippen LogP contribution in [0.2, 0.25) is 0 Å². The van der Waals surface area contributed by atoms with Crippen LogP contribution in [-0.4, -0.2) is 86.9 Å². The van der Waals surface area contributed by atoms with Crippen molar-refractivity contribution in [2.75, 3.05) is 18.0 Å². The zero-order valence-electron chi connectivity index (χ0n) is 24.5. The van der Waals surface area contributed by atoms with E-state index in [2.05, 4.69) is 15.5 Å². The van der Waals surface area contributed by atoms with Crippen LogP contribution in [0.1, 0.15) is 43.4 Å². The molecule has 0 radical (unpaired) electrons. The number of hydrogen-bond acceptors (Lipinski definition) is 12. The monoisotopic (exact) mass is 686 g/mol. The van der Waals surface area contributed by atoms with Crippen molar-refractivity contribution in [3.63, 3.8) is 0 Å². The molecule has 3 amide bonds. The molecule has 3 aliphatic heterocycles. The lowest BCUT2D eigenvalue weighted by atomic mass is 10.0. The van der Waals surface area contributed by atoms with Gasteiger partial charge >= 0.3 is 5.97 Å². The molecule has 1 aromatic carbocycles. The third-order valence-corrected chi connectivity index (χ3v) is 11.9. The zero-order valence-corrected chi connectivity index (χ0v) is 27.0. The molecule has 3 fully saturated rings. The van der Waals surface area contributed by atoms with Gasteiger partial charge in [-0.1, -0.05) is 22.9 Å². The summed E-state index contributed by atoms with van der Waals surface area (Å²) in [5.74, 6) is -3.43. The van der Waals surface area contributed by atoms with E-state index in [1.807, 2.05) is 6.92 Å². The van der Waals surface area contributed by atoms with Gasteiger partial charge in [-0.3, -0.25) is 19.3 Å². The Bertz CT molecular complexity index is 1810. The van der Waals surface area contributed by atoms with Gasteiger partial charge in [-0.05, 0) is 62.8 Å². The van der Waals surface area contributed by atoms with Gasteiger partial charge in [0, 0.05) is 23.3 Å². The van der Waals surface area contributed by atoms with E-state index in [0.717, 1.165) is 51.8 Å². The summed E-state index contributed by atoms with van der Waals surface area (Å²) in [6, 6.07) is 5.07. The van der Waals surface area contributed by atoms with E-state index in [9.17, 15) is 32.7 Å². The molecular weight excluding hydrogens is 657 g/mol. The standard InChI is InChI=1S/C29H30N6O8S3/c1-15-6-8-19(9-7-15)46(41,42)34-11-10-16(25(34)37)12-17-13-44-27-22(26(38)35(27)23(17)28(39)40)32-24(36)21(20-14-45-29(30)31-20)33-43-18-4-2-3-5-18/h6-9,12,14,18,22,27H,2-5,10-11,13H2,1H3,(H2,30,31)(H,32,36)(H,39,40)/t22-,27-/m1/s1. The number of carboxylic acids is 1. The Balaban J connectivity index is 1.20. The first-order valence-electron chi connectivity index (χ1n) is 14.5. The summed E-state index contributed by atoms with van der Waals surface area (Å²) < 4.78 is 27.1. The van der Waals surface area contributed by atoms with Crippen LogP contribution in [0.4, 0.5) is 5.13 Å². The van der Waals surface area contributed by atoms with E-state index in [1.54, 1.807) is 17.5 Å². The van der Waals surface area contributed by atoms with Crippen molar-refractivity contribution in [3.8, 4) is 0 Å². The Morgan fingerprint density at radius 1 is 1.20 bits per heavy atom. The number of aromatic nitrogens is 1. The minimum absolute atomic E-state index is 0.0231. The van der Waals surface area contributed by atoms with Gasteiger partial charge < -0.3 is 21.0 Å². The number of carbonyl (C=O) groups is 4. The summed E-state index contributed by atoms with van der Waals surface area (Å²) >= 11 is 2.32. The molecule has 17 heteroatoms. The molecule has 1 aromatic heterocycles. The minimum Gasteiger partial charge on any atom is -0.477 e. The summed E-state index contributed by atoms with van der Waals surface area (Å²) in [6.45, 7) is 1.72. The van der Waals surface area contributed by atoms with Crippen molar-refractivity contribution < 1.29 is 37.5 Å². The Morgan fingerprint density at radius 2 is 1.91 bits per heavy atom. The first kappa shape index (κ1) is 31.7. The Kier molecular flexibility index (Phi) is 8.64. The zero-order chi connectivity index (χ0) is 32.7. The van der Waals surface area contributed by atoms with Crippen LogP contribution in [-0.2, 0) is 34.0 Å². The molecule has 0 unspecified atom stereocenters. The number of carbonyl (C=O) groups excluding carboxylic acids is 3. The Labute approximate surface area is 272 Å². The van der Waals surface area contributed by atoms with Gasteiger partial charge in [0.15, 0.2) is 10.8 Å². The predicted molar refractivity (Wildman–Crippen MR) is 169 cm³/mol. The van der Waals surface area contributed by atoms with Crippen LogP contribution >= 0.6 is 23.1 Å². The van der Waals surface area contributed by atoms with Crippen molar-refractivity contribution in [3.05, 3.63) is 63.8 Å². The number of nitrogens with zero attached hydrogens (tertiary/aromatic N) is 4. The Morgan fingerprint density at radius 3 is 2.57 bits per heavy atom. The van der Waals surface area contributed by atoms with E-state index >= 15 is 0 Å². The highest BCUT2D eigenvalue weighted by atomic mass is 32.2. The normalized spacial score (nSPS) is 23.2. The van der Waals surface area contributed by atoms with Crippen molar-refractivity contribution in [2.24, 2.45) is 5.16 Å². The second kappa shape index (κ2) is 12.5. The average Bonchev–Trinajstić information content (AvgIpc) is 3.78. The number of oxime groups is 1. The number of nitrogens with two attached hydrogens (primary N) is 1. The van der Waals surface area contributed by atoms with E-state index in [-0.39, 0.29) is 63.1 Å². The van der Waals surface area contributed by atoms with Crippen molar-refractivity contribution in [1.29, 1.82) is 0 Å². The number of nitrogens with one attached hydrogen (secondary N) is 1. The number of fused-ring (bicyclic) bond motifs is 1. The summed E-state index contributed by atoms with van der Waals surface area (Å²) in [5, 5.41) is 17.9. The van der Waals surface area contributed by atoms with E-state index in [1.165, 1.54) is 30.0 Å². The summed E-state index contributed by atoms with van der Waals surface area (Å²) in [6.07, 6.45) is 4.90. The fourth-order valence-corrected chi connectivity index (χ4v) is 8.94. The number of thioether (sulfide) groups is 1. The van der Waals surface area contributed by atoms with Crippen molar-refractivity contribution in [1.82, 2.24) is 19.5 Å². The highest BCUT2D eigenvalue weighted by Crippen LogP contribution is 2.41. The number of hydrogen-bond donors (Lipinski definition) is 3. The van der Waals surface area contributed by atoms with Crippen LogP contribution in [0, 0.1) is 6.92 Å². The molecule has 4 aliphatic rings. The predicted octanol–water partition coefficient (Wildman–Crippen LogP) is 1.98. The number of carboxylic acid groups (broad SMARTS) is 1. The van der Waals surface area contributed by atoms with Crippen LogP contribution in [0.3, 0.4) is 0 Å². The molecule has 4 N–H and O–H groups in total. The average molecular weight is 687 g/mol. The maximum Gasteiger partial charge on any atom is 0.352 e. The van der Waals surface area contributed by atoms with Crippen LogP contribution in [0.15, 0.2) is 62.6 Å². The molecular formula is C29H30N6O8S3.